The quantitative estimate of drug-likeness (QED) is 0.669. The molecule has 0 aliphatic rings. The Morgan fingerprint density at radius 2 is 1.96 bits per heavy atom. The molecule has 1 amide bonds. The summed E-state index contributed by atoms with van der Waals surface area (Å²) in [4.78, 5) is 20.6. The van der Waals surface area contributed by atoms with Gasteiger partial charge in [0, 0.05) is 23.9 Å². The molecule has 5 nitrogen and oxygen atoms in total. The Labute approximate surface area is 156 Å². The summed E-state index contributed by atoms with van der Waals surface area (Å²) in [5, 5.41) is 12.7. The molecule has 0 aliphatic carbocycles. The molecule has 0 spiro atoms. The number of pyridine rings is 2. The van der Waals surface area contributed by atoms with Crippen LogP contribution in [0.2, 0.25) is 0 Å². The SMILES string of the molecule is N#Cc1ccc(-c2ccccc2)nc1SCCC(=O)Nc1cccnc1. The fourth-order valence-corrected chi connectivity index (χ4v) is 3.22. The maximum atomic E-state index is 12.0. The van der Waals surface area contributed by atoms with Gasteiger partial charge in [0.25, 0.3) is 0 Å². The lowest BCUT2D eigenvalue weighted by Gasteiger charge is -2.07. The Morgan fingerprint density at radius 3 is 2.69 bits per heavy atom. The van der Waals surface area contributed by atoms with Crippen molar-refractivity contribution in [3.63, 3.8) is 0 Å². The van der Waals surface area contributed by atoms with Gasteiger partial charge in [-0.15, -0.1) is 11.8 Å². The van der Waals surface area contributed by atoms with Gasteiger partial charge < -0.3 is 5.32 Å². The molecule has 0 bridgehead atoms. The molecule has 2 heterocycles. The predicted octanol–water partition coefficient (Wildman–Crippen LogP) is 4.14. The summed E-state index contributed by atoms with van der Waals surface area (Å²) in [5.41, 5.74) is 2.99. The highest BCUT2D eigenvalue weighted by atomic mass is 32.2. The molecule has 0 unspecified atom stereocenters. The largest absolute Gasteiger partial charge is 0.325 e. The second kappa shape index (κ2) is 8.79. The molecule has 128 valence electrons. The number of hydrogen-bond donors (Lipinski definition) is 1. The van der Waals surface area contributed by atoms with Crippen molar-refractivity contribution in [2.75, 3.05) is 11.1 Å². The molecule has 0 saturated heterocycles. The summed E-state index contributed by atoms with van der Waals surface area (Å²) >= 11 is 1.41. The zero-order valence-corrected chi connectivity index (χ0v) is 14.7. The molecule has 2 aromatic heterocycles. The van der Waals surface area contributed by atoms with Gasteiger partial charge in [0.05, 0.1) is 23.1 Å². The Bertz CT molecular complexity index is 924. The highest BCUT2D eigenvalue weighted by Crippen LogP contribution is 2.25. The number of carbonyl (C=O) groups excluding carboxylic acids is 1. The molecule has 0 saturated carbocycles. The number of anilines is 1. The standard InChI is InChI=1S/C20H16N4OS/c21-13-16-8-9-18(15-5-2-1-3-6-15)24-20(16)26-12-10-19(25)23-17-7-4-11-22-14-17/h1-9,11,14H,10,12H2,(H,23,25). The number of nitrogens with one attached hydrogen (secondary N) is 1. The van der Waals surface area contributed by atoms with Crippen LogP contribution in [0.5, 0.6) is 0 Å². The van der Waals surface area contributed by atoms with Gasteiger partial charge in [-0.05, 0) is 24.3 Å². The van der Waals surface area contributed by atoms with Crippen molar-refractivity contribution in [3.05, 3.63) is 72.6 Å². The summed E-state index contributed by atoms with van der Waals surface area (Å²) in [6.07, 6.45) is 3.58. The number of thioether (sulfide) groups is 1. The Hall–Kier alpha value is -3.17. The van der Waals surface area contributed by atoms with Gasteiger partial charge in [0.1, 0.15) is 11.1 Å². The number of nitrogens with zero attached hydrogens (tertiary/aromatic N) is 3. The maximum Gasteiger partial charge on any atom is 0.225 e. The Kier molecular flexibility index (Phi) is 5.96. The average Bonchev–Trinajstić information content (AvgIpc) is 2.69. The van der Waals surface area contributed by atoms with Crippen LogP contribution >= 0.6 is 11.8 Å². The van der Waals surface area contributed by atoms with Crippen molar-refractivity contribution in [2.45, 2.75) is 11.4 Å². The van der Waals surface area contributed by atoms with E-state index in [0.29, 0.717) is 28.5 Å². The van der Waals surface area contributed by atoms with Crippen LogP contribution in [0.3, 0.4) is 0 Å². The first-order valence-electron chi connectivity index (χ1n) is 8.05. The van der Waals surface area contributed by atoms with Gasteiger partial charge in [0.15, 0.2) is 0 Å². The smallest absolute Gasteiger partial charge is 0.225 e. The van der Waals surface area contributed by atoms with Crippen molar-refractivity contribution in [2.24, 2.45) is 0 Å². The van der Waals surface area contributed by atoms with Gasteiger partial charge in [-0.2, -0.15) is 5.26 Å². The Balaban J connectivity index is 1.63. The van der Waals surface area contributed by atoms with Crippen LogP contribution in [-0.4, -0.2) is 21.6 Å². The second-order valence-electron chi connectivity index (χ2n) is 5.42. The van der Waals surface area contributed by atoms with Gasteiger partial charge in [-0.25, -0.2) is 4.98 Å². The summed E-state index contributed by atoms with van der Waals surface area (Å²) in [7, 11) is 0. The topological polar surface area (TPSA) is 78.7 Å². The third-order valence-corrected chi connectivity index (χ3v) is 4.56. The van der Waals surface area contributed by atoms with Crippen LogP contribution in [0, 0.1) is 11.3 Å². The molecular weight excluding hydrogens is 344 g/mol. The lowest BCUT2D eigenvalue weighted by atomic mass is 10.1. The molecule has 1 aromatic carbocycles. The molecule has 3 aromatic rings. The van der Waals surface area contributed by atoms with Crippen LogP contribution in [0.15, 0.2) is 72.0 Å². The highest BCUT2D eigenvalue weighted by molar-refractivity contribution is 7.99. The van der Waals surface area contributed by atoms with E-state index in [2.05, 4.69) is 21.4 Å². The summed E-state index contributed by atoms with van der Waals surface area (Å²) in [6.45, 7) is 0. The summed E-state index contributed by atoms with van der Waals surface area (Å²) < 4.78 is 0. The minimum atomic E-state index is -0.0942. The molecule has 0 fully saturated rings. The lowest BCUT2D eigenvalue weighted by molar-refractivity contribution is -0.115. The lowest BCUT2D eigenvalue weighted by Crippen LogP contribution is -2.12. The first kappa shape index (κ1) is 17.6. The van der Waals surface area contributed by atoms with Crippen LogP contribution < -0.4 is 5.32 Å². The minimum Gasteiger partial charge on any atom is -0.325 e. The fourth-order valence-electron chi connectivity index (χ4n) is 2.31. The first-order chi connectivity index (χ1) is 12.8. The van der Waals surface area contributed by atoms with E-state index in [1.807, 2.05) is 36.4 Å². The van der Waals surface area contributed by atoms with Gasteiger partial charge in [-0.3, -0.25) is 9.78 Å². The number of carbonyl (C=O) groups is 1. The third kappa shape index (κ3) is 4.68. The second-order valence-corrected chi connectivity index (χ2v) is 6.50. The zero-order valence-electron chi connectivity index (χ0n) is 13.9. The van der Waals surface area contributed by atoms with Crippen LogP contribution in [-0.2, 0) is 4.79 Å². The normalized spacial score (nSPS) is 10.1. The van der Waals surface area contributed by atoms with Gasteiger partial charge >= 0.3 is 0 Å². The predicted molar refractivity (Wildman–Crippen MR) is 103 cm³/mol. The summed E-state index contributed by atoms with van der Waals surface area (Å²) in [6, 6.07) is 19.1. The van der Waals surface area contributed by atoms with E-state index in [9.17, 15) is 10.1 Å². The number of nitriles is 1. The highest BCUT2D eigenvalue weighted by Gasteiger charge is 2.09. The molecular formula is C20H16N4OS. The van der Waals surface area contributed by atoms with Crippen LogP contribution in [0.25, 0.3) is 11.3 Å². The monoisotopic (exact) mass is 360 g/mol. The van der Waals surface area contributed by atoms with Crippen molar-refractivity contribution in [1.29, 1.82) is 5.26 Å². The number of hydrogen-bond acceptors (Lipinski definition) is 5. The third-order valence-electron chi connectivity index (χ3n) is 3.56. The van der Waals surface area contributed by atoms with Crippen molar-refractivity contribution in [1.82, 2.24) is 9.97 Å². The van der Waals surface area contributed by atoms with E-state index in [1.165, 1.54) is 11.8 Å². The van der Waals surface area contributed by atoms with Gasteiger partial charge in [-0.1, -0.05) is 30.3 Å². The molecule has 0 radical (unpaired) electrons. The molecule has 3 rings (SSSR count). The van der Waals surface area contributed by atoms with E-state index >= 15 is 0 Å². The van der Waals surface area contributed by atoms with Crippen LogP contribution in [0.4, 0.5) is 5.69 Å². The Morgan fingerprint density at radius 1 is 1.12 bits per heavy atom. The van der Waals surface area contributed by atoms with E-state index in [-0.39, 0.29) is 5.91 Å². The molecule has 6 heteroatoms. The van der Waals surface area contributed by atoms with E-state index < -0.39 is 0 Å². The van der Waals surface area contributed by atoms with Gasteiger partial charge in [0.2, 0.25) is 5.91 Å². The molecule has 26 heavy (non-hydrogen) atoms. The number of amides is 1. The number of rotatable bonds is 6. The average molecular weight is 360 g/mol. The molecule has 1 N–H and O–H groups in total. The molecule has 0 aliphatic heterocycles. The first-order valence-corrected chi connectivity index (χ1v) is 9.04. The van der Waals surface area contributed by atoms with Crippen molar-refractivity contribution < 1.29 is 4.79 Å². The molecule has 0 atom stereocenters. The maximum absolute atomic E-state index is 12.0. The van der Waals surface area contributed by atoms with Crippen molar-refractivity contribution in [3.8, 4) is 17.3 Å². The fraction of sp³-hybridized carbons (Fsp3) is 0.100. The van der Waals surface area contributed by atoms with E-state index in [4.69, 9.17) is 0 Å². The number of benzene rings is 1. The van der Waals surface area contributed by atoms with Crippen molar-refractivity contribution >= 4 is 23.4 Å². The van der Waals surface area contributed by atoms with E-state index in [1.54, 1.807) is 30.6 Å². The van der Waals surface area contributed by atoms with Crippen LogP contribution in [0.1, 0.15) is 12.0 Å². The zero-order chi connectivity index (χ0) is 18.2. The number of aromatic nitrogens is 2. The summed E-state index contributed by atoms with van der Waals surface area (Å²) in [5.74, 6) is 0.440. The minimum absolute atomic E-state index is 0.0942. The van der Waals surface area contributed by atoms with E-state index in [0.717, 1.165) is 11.3 Å².